The highest BCUT2D eigenvalue weighted by Gasteiger charge is 2.15. The number of aryl methyl sites for hydroxylation is 3. The normalized spacial score (nSPS) is 15.8. The average Bonchev–Trinajstić information content (AvgIpc) is 2.85. The zero-order valence-corrected chi connectivity index (χ0v) is 12.0. The highest BCUT2D eigenvalue weighted by molar-refractivity contribution is 5.28. The van der Waals surface area contributed by atoms with Crippen LogP contribution in [0.1, 0.15) is 36.6 Å². The van der Waals surface area contributed by atoms with Gasteiger partial charge in [0.2, 0.25) is 0 Å². The van der Waals surface area contributed by atoms with Crippen molar-refractivity contribution >= 4 is 0 Å². The van der Waals surface area contributed by atoms with Gasteiger partial charge >= 0.3 is 0 Å². The van der Waals surface area contributed by atoms with Gasteiger partial charge in [-0.2, -0.15) is 15.0 Å². The molecule has 2 aromatic rings. The maximum absolute atomic E-state index is 4.42. The Bertz CT molecular complexity index is 534. The summed E-state index contributed by atoms with van der Waals surface area (Å²) in [4.78, 5) is 1.74. The van der Waals surface area contributed by atoms with Crippen LogP contribution in [0.3, 0.4) is 0 Å². The van der Waals surface area contributed by atoms with Crippen LogP contribution >= 0.6 is 0 Å². The molecule has 0 saturated heterocycles. The molecule has 0 fully saturated rings. The van der Waals surface area contributed by atoms with Crippen LogP contribution in [0.4, 0.5) is 0 Å². The molecule has 4 nitrogen and oxygen atoms in total. The Balaban J connectivity index is 1.55. The topological polar surface area (TPSA) is 42.7 Å². The molecular formula is C16H22N4. The quantitative estimate of drug-likeness (QED) is 0.867. The highest BCUT2D eigenvalue weighted by atomic mass is 15.5. The first kappa shape index (κ1) is 13.3. The lowest BCUT2D eigenvalue weighted by Gasteiger charge is -2.14. The Hall–Kier alpha value is -1.68. The Morgan fingerprint density at radius 1 is 1.20 bits per heavy atom. The van der Waals surface area contributed by atoms with Crippen LogP contribution in [0.5, 0.6) is 0 Å². The maximum Gasteiger partial charge on any atom is 0.0965 e. The summed E-state index contributed by atoms with van der Waals surface area (Å²) in [5.41, 5.74) is 4.08. The van der Waals surface area contributed by atoms with Crippen molar-refractivity contribution in [2.24, 2.45) is 0 Å². The van der Waals surface area contributed by atoms with Crippen LogP contribution in [0.2, 0.25) is 0 Å². The molecule has 1 aromatic heterocycles. The maximum atomic E-state index is 4.42. The second-order valence-electron chi connectivity index (χ2n) is 5.45. The molecule has 1 aliphatic rings. The summed E-state index contributed by atoms with van der Waals surface area (Å²) < 4.78 is 0. The third-order valence-corrected chi connectivity index (χ3v) is 4.08. The molecule has 4 heteroatoms. The lowest BCUT2D eigenvalue weighted by molar-refractivity contribution is 0.456. The van der Waals surface area contributed by atoms with E-state index in [0.29, 0.717) is 6.04 Å². The molecule has 0 saturated carbocycles. The summed E-state index contributed by atoms with van der Waals surface area (Å²) in [6.07, 6.45) is 6.63. The summed E-state index contributed by atoms with van der Waals surface area (Å²) in [6.45, 7) is 3.71. The van der Waals surface area contributed by atoms with Crippen molar-refractivity contribution < 1.29 is 0 Å². The molecule has 1 aromatic carbocycles. The van der Waals surface area contributed by atoms with Crippen LogP contribution in [0.15, 0.2) is 30.5 Å². The van der Waals surface area contributed by atoms with E-state index in [9.17, 15) is 0 Å². The van der Waals surface area contributed by atoms with Crippen LogP contribution in [-0.2, 0) is 25.9 Å². The fourth-order valence-corrected chi connectivity index (χ4v) is 2.87. The zero-order valence-electron chi connectivity index (χ0n) is 12.0. The summed E-state index contributed by atoms with van der Waals surface area (Å²) in [5, 5.41) is 12.3. The lowest BCUT2D eigenvalue weighted by atomic mass is 10.0. The number of nitrogens with one attached hydrogen (secondary N) is 1. The van der Waals surface area contributed by atoms with Crippen LogP contribution < -0.4 is 5.32 Å². The molecule has 1 aliphatic carbocycles. The molecule has 1 heterocycles. The second kappa shape index (κ2) is 6.18. The highest BCUT2D eigenvalue weighted by Crippen LogP contribution is 2.20. The number of fused-ring (bicyclic) bond motifs is 1. The van der Waals surface area contributed by atoms with Gasteiger partial charge in [0, 0.05) is 12.6 Å². The SMILES string of the molecule is CCn1ncc(CNC2CCc3ccccc3CC2)n1. The van der Waals surface area contributed by atoms with Gasteiger partial charge in [-0.15, -0.1) is 0 Å². The smallest absolute Gasteiger partial charge is 0.0965 e. The largest absolute Gasteiger partial charge is 0.308 e. The summed E-state index contributed by atoms with van der Waals surface area (Å²) >= 11 is 0. The van der Waals surface area contributed by atoms with E-state index in [-0.39, 0.29) is 0 Å². The minimum atomic E-state index is 0.578. The minimum absolute atomic E-state index is 0.578. The van der Waals surface area contributed by atoms with E-state index in [4.69, 9.17) is 0 Å². The number of nitrogens with zero attached hydrogens (tertiary/aromatic N) is 3. The Morgan fingerprint density at radius 3 is 2.50 bits per heavy atom. The fourth-order valence-electron chi connectivity index (χ4n) is 2.87. The van der Waals surface area contributed by atoms with E-state index in [1.807, 2.05) is 6.20 Å². The fraction of sp³-hybridized carbons (Fsp3) is 0.500. The van der Waals surface area contributed by atoms with Crippen LogP contribution in [0, 0.1) is 0 Å². The monoisotopic (exact) mass is 270 g/mol. The molecule has 20 heavy (non-hydrogen) atoms. The third kappa shape index (κ3) is 3.07. The molecule has 3 rings (SSSR count). The standard InChI is InChI=1S/C16H22N4/c1-2-20-18-12-16(19-20)11-17-15-9-7-13-5-3-4-6-14(13)8-10-15/h3-6,12,15,17H,2,7-11H2,1H3. The Morgan fingerprint density at radius 2 is 1.90 bits per heavy atom. The van der Waals surface area contributed by atoms with Crippen molar-refractivity contribution in [2.45, 2.75) is 51.7 Å². The van der Waals surface area contributed by atoms with Crippen LogP contribution in [-0.4, -0.2) is 21.0 Å². The molecule has 0 spiro atoms. The van der Waals surface area contributed by atoms with E-state index in [2.05, 4.69) is 46.7 Å². The van der Waals surface area contributed by atoms with Gasteiger partial charge in [0.1, 0.15) is 0 Å². The number of rotatable bonds is 4. The molecule has 0 unspecified atom stereocenters. The molecule has 0 amide bonds. The van der Waals surface area contributed by atoms with Crippen LogP contribution in [0.25, 0.3) is 0 Å². The number of aromatic nitrogens is 3. The predicted octanol–water partition coefficient (Wildman–Crippen LogP) is 2.34. The number of hydrogen-bond donors (Lipinski definition) is 1. The first-order valence-corrected chi connectivity index (χ1v) is 7.54. The van der Waals surface area contributed by atoms with Gasteiger partial charge in [-0.3, -0.25) is 0 Å². The zero-order chi connectivity index (χ0) is 13.8. The van der Waals surface area contributed by atoms with E-state index < -0.39 is 0 Å². The lowest BCUT2D eigenvalue weighted by Crippen LogP contribution is -2.29. The van der Waals surface area contributed by atoms with E-state index in [0.717, 1.165) is 18.8 Å². The van der Waals surface area contributed by atoms with Crippen molar-refractivity contribution in [3.05, 3.63) is 47.3 Å². The van der Waals surface area contributed by atoms with Crippen molar-refractivity contribution in [2.75, 3.05) is 0 Å². The summed E-state index contributed by atoms with van der Waals surface area (Å²) in [5.74, 6) is 0. The molecule has 0 aliphatic heterocycles. The van der Waals surface area contributed by atoms with Crippen molar-refractivity contribution in [3.63, 3.8) is 0 Å². The molecule has 0 radical (unpaired) electrons. The Labute approximate surface area is 120 Å². The van der Waals surface area contributed by atoms with E-state index in [1.54, 1.807) is 4.80 Å². The molecule has 0 bridgehead atoms. The molecular weight excluding hydrogens is 248 g/mol. The molecule has 1 N–H and O–H groups in total. The second-order valence-corrected chi connectivity index (χ2v) is 5.45. The first-order chi connectivity index (χ1) is 9.85. The van der Waals surface area contributed by atoms with Gasteiger partial charge in [-0.25, -0.2) is 0 Å². The van der Waals surface area contributed by atoms with Crippen molar-refractivity contribution in [1.29, 1.82) is 0 Å². The summed E-state index contributed by atoms with van der Waals surface area (Å²) in [6, 6.07) is 9.41. The molecule has 0 atom stereocenters. The minimum Gasteiger partial charge on any atom is -0.308 e. The van der Waals surface area contributed by atoms with Crippen molar-refractivity contribution in [3.8, 4) is 0 Å². The van der Waals surface area contributed by atoms with Gasteiger partial charge in [0.15, 0.2) is 0 Å². The van der Waals surface area contributed by atoms with Crippen molar-refractivity contribution in [1.82, 2.24) is 20.3 Å². The average molecular weight is 270 g/mol. The van der Waals surface area contributed by atoms with E-state index >= 15 is 0 Å². The van der Waals surface area contributed by atoms with Gasteiger partial charge in [0.25, 0.3) is 0 Å². The van der Waals surface area contributed by atoms with Gasteiger partial charge in [-0.05, 0) is 43.7 Å². The molecule has 106 valence electrons. The van der Waals surface area contributed by atoms with Gasteiger partial charge in [-0.1, -0.05) is 24.3 Å². The first-order valence-electron chi connectivity index (χ1n) is 7.54. The predicted molar refractivity (Wildman–Crippen MR) is 79.4 cm³/mol. The van der Waals surface area contributed by atoms with E-state index in [1.165, 1.54) is 36.8 Å². The number of benzene rings is 1. The van der Waals surface area contributed by atoms with Gasteiger partial charge < -0.3 is 5.32 Å². The Kier molecular flexibility index (Phi) is 4.11. The number of hydrogen-bond acceptors (Lipinski definition) is 3. The third-order valence-electron chi connectivity index (χ3n) is 4.08. The van der Waals surface area contributed by atoms with Gasteiger partial charge in [0.05, 0.1) is 18.4 Å². The summed E-state index contributed by atoms with van der Waals surface area (Å²) in [7, 11) is 0.